The Kier molecular flexibility index (Phi) is 5.97. The second-order valence-electron chi connectivity index (χ2n) is 6.55. The van der Waals surface area contributed by atoms with Gasteiger partial charge in [0.15, 0.2) is 5.11 Å². The molecular formula is C20H22N4O4S. The summed E-state index contributed by atoms with van der Waals surface area (Å²) in [6, 6.07) is 9.14. The summed E-state index contributed by atoms with van der Waals surface area (Å²) in [4.78, 5) is 25.2. The molecule has 0 unspecified atom stereocenters. The van der Waals surface area contributed by atoms with Gasteiger partial charge in [-0.1, -0.05) is 0 Å². The normalized spacial score (nSPS) is 16.2. The maximum atomic E-state index is 13.1. The predicted octanol–water partition coefficient (Wildman–Crippen LogP) is 3.52. The van der Waals surface area contributed by atoms with Crippen LogP contribution in [0, 0.1) is 10.1 Å². The molecule has 1 aromatic carbocycles. The van der Waals surface area contributed by atoms with Crippen LogP contribution in [0.1, 0.15) is 32.6 Å². The number of rotatable bonds is 6. The van der Waals surface area contributed by atoms with Crippen molar-refractivity contribution < 1.29 is 14.1 Å². The molecule has 1 atom stereocenters. The number of furan rings is 1. The van der Waals surface area contributed by atoms with E-state index in [1.54, 1.807) is 29.2 Å². The van der Waals surface area contributed by atoms with E-state index in [4.69, 9.17) is 16.6 Å². The van der Waals surface area contributed by atoms with E-state index in [1.807, 2.05) is 20.8 Å². The summed E-state index contributed by atoms with van der Waals surface area (Å²) in [6.07, 6.45) is 0. The molecule has 0 saturated carbocycles. The number of allylic oxidation sites excluding steroid dienone is 1. The Morgan fingerprint density at radius 1 is 1.21 bits per heavy atom. The first kappa shape index (κ1) is 20.5. The summed E-state index contributed by atoms with van der Waals surface area (Å²) in [5.74, 6) is 0.999. The van der Waals surface area contributed by atoms with Gasteiger partial charge in [-0.3, -0.25) is 14.9 Å². The van der Waals surface area contributed by atoms with Gasteiger partial charge < -0.3 is 20.0 Å². The first-order chi connectivity index (χ1) is 13.8. The Morgan fingerprint density at radius 2 is 1.86 bits per heavy atom. The molecule has 2 N–H and O–H groups in total. The minimum Gasteiger partial charge on any atom is -0.459 e. The minimum absolute atomic E-state index is 0.0107. The van der Waals surface area contributed by atoms with Crippen molar-refractivity contribution in [1.82, 2.24) is 15.5 Å². The lowest BCUT2D eigenvalue weighted by Crippen LogP contribution is -2.47. The fourth-order valence-corrected chi connectivity index (χ4v) is 3.55. The summed E-state index contributed by atoms with van der Waals surface area (Å²) < 4.78 is 6.01. The van der Waals surface area contributed by atoms with E-state index < -0.39 is 11.0 Å². The molecule has 8 nitrogen and oxygen atoms in total. The van der Waals surface area contributed by atoms with Crippen LogP contribution in [-0.4, -0.2) is 33.9 Å². The number of nitrogens with one attached hydrogen (secondary N) is 2. The molecule has 3 rings (SSSR count). The van der Waals surface area contributed by atoms with E-state index in [9.17, 15) is 14.9 Å². The van der Waals surface area contributed by atoms with Crippen LogP contribution in [0.2, 0.25) is 0 Å². The van der Waals surface area contributed by atoms with Crippen molar-refractivity contribution in [2.24, 2.45) is 0 Å². The molecule has 0 fully saturated rings. The van der Waals surface area contributed by atoms with E-state index in [-0.39, 0.29) is 11.6 Å². The molecule has 29 heavy (non-hydrogen) atoms. The van der Waals surface area contributed by atoms with Gasteiger partial charge in [0.2, 0.25) is 0 Å². The van der Waals surface area contributed by atoms with Crippen LogP contribution in [0.15, 0.2) is 52.1 Å². The van der Waals surface area contributed by atoms with Gasteiger partial charge in [-0.15, -0.1) is 0 Å². The zero-order valence-electron chi connectivity index (χ0n) is 16.4. The highest BCUT2D eigenvalue weighted by Gasteiger charge is 2.33. The Hall–Kier alpha value is -3.20. The standard InChI is InChI=1S/C20H22N4O4S/c1-4-23(5-2)19(25)17-12(3)21-20(29)22-18(17)16-11-10-15(28-16)13-6-8-14(9-7-13)24(26)27/h6-11,18H,4-5H2,1-3H3,(H2,21,22,29)/t18-/m0/s1. The smallest absolute Gasteiger partial charge is 0.269 e. The number of carbonyl (C=O) groups excluding carboxylic acids is 1. The highest BCUT2D eigenvalue weighted by atomic mass is 32.1. The number of benzene rings is 1. The number of nitro benzene ring substituents is 1. The highest BCUT2D eigenvalue weighted by molar-refractivity contribution is 7.80. The van der Waals surface area contributed by atoms with Crippen molar-refractivity contribution in [3.05, 3.63) is 63.5 Å². The summed E-state index contributed by atoms with van der Waals surface area (Å²) in [5, 5.41) is 17.4. The van der Waals surface area contributed by atoms with Gasteiger partial charge in [0.1, 0.15) is 17.6 Å². The van der Waals surface area contributed by atoms with Crippen molar-refractivity contribution in [3.63, 3.8) is 0 Å². The Balaban J connectivity index is 1.95. The number of non-ortho nitro benzene ring substituents is 1. The number of carbonyl (C=O) groups is 1. The molecule has 2 heterocycles. The molecule has 1 amide bonds. The first-order valence-electron chi connectivity index (χ1n) is 9.27. The maximum Gasteiger partial charge on any atom is 0.269 e. The number of amides is 1. The number of hydrogen-bond donors (Lipinski definition) is 2. The summed E-state index contributed by atoms with van der Waals surface area (Å²) in [5.41, 5.74) is 1.95. The number of likely N-dealkylation sites (N-methyl/N-ethyl adjacent to an activating group) is 1. The second kappa shape index (κ2) is 8.44. The van der Waals surface area contributed by atoms with Crippen molar-refractivity contribution in [3.8, 4) is 11.3 Å². The van der Waals surface area contributed by atoms with Gasteiger partial charge in [-0.05, 0) is 57.3 Å². The third-order valence-corrected chi connectivity index (χ3v) is 5.04. The molecule has 1 aliphatic rings. The Labute approximate surface area is 173 Å². The van der Waals surface area contributed by atoms with Gasteiger partial charge >= 0.3 is 0 Å². The molecule has 1 aliphatic heterocycles. The van der Waals surface area contributed by atoms with Crippen molar-refractivity contribution in [2.75, 3.05) is 13.1 Å². The number of nitrogens with zero attached hydrogens (tertiary/aromatic N) is 2. The quantitative estimate of drug-likeness (QED) is 0.424. The maximum absolute atomic E-state index is 13.1. The molecule has 0 bridgehead atoms. The van der Waals surface area contributed by atoms with Crippen LogP contribution in [0.4, 0.5) is 5.69 Å². The lowest BCUT2D eigenvalue weighted by molar-refractivity contribution is -0.384. The van der Waals surface area contributed by atoms with Gasteiger partial charge in [0.25, 0.3) is 11.6 Å². The Bertz CT molecular complexity index is 977. The molecule has 0 saturated heterocycles. The topological polar surface area (TPSA) is 101 Å². The van der Waals surface area contributed by atoms with E-state index in [0.717, 1.165) is 0 Å². The molecule has 9 heteroatoms. The van der Waals surface area contributed by atoms with Gasteiger partial charge in [0, 0.05) is 36.5 Å². The molecule has 1 aromatic heterocycles. The average molecular weight is 414 g/mol. The first-order valence-corrected chi connectivity index (χ1v) is 9.68. The SMILES string of the molecule is CCN(CC)C(=O)C1=C(C)NC(=S)N[C@H]1c1ccc(-c2ccc([N+](=O)[O-])cc2)o1. The van der Waals surface area contributed by atoms with Crippen LogP contribution < -0.4 is 10.6 Å². The van der Waals surface area contributed by atoms with Crippen LogP contribution >= 0.6 is 12.2 Å². The fraction of sp³-hybridized carbons (Fsp3) is 0.300. The lowest BCUT2D eigenvalue weighted by atomic mass is 9.99. The average Bonchev–Trinajstić information content (AvgIpc) is 3.18. The van der Waals surface area contributed by atoms with Gasteiger partial charge in [-0.25, -0.2) is 0 Å². The minimum atomic E-state index is -0.524. The second-order valence-corrected chi connectivity index (χ2v) is 6.96. The molecule has 2 aromatic rings. The zero-order chi connectivity index (χ0) is 21.1. The molecule has 152 valence electrons. The van der Waals surface area contributed by atoms with E-state index in [1.165, 1.54) is 12.1 Å². The van der Waals surface area contributed by atoms with Crippen LogP contribution in [0.3, 0.4) is 0 Å². The third kappa shape index (κ3) is 4.14. The number of thiocarbonyl (C=S) groups is 1. The molecule has 0 spiro atoms. The van der Waals surface area contributed by atoms with E-state index in [0.29, 0.717) is 46.6 Å². The summed E-state index contributed by atoms with van der Waals surface area (Å²) in [7, 11) is 0. The van der Waals surface area contributed by atoms with Crippen molar-refractivity contribution in [1.29, 1.82) is 0 Å². The zero-order valence-corrected chi connectivity index (χ0v) is 17.2. The van der Waals surface area contributed by atoms with Gasteiger partial charge in [-0.2, -0.15) is 0 Å². The molecular weight excluding hydrogens is 392 g/mol. The summed E-state index contributed by atoms with van der Waals surface area (Å²) in [6.45, 7) is 6.86. The highest BCUT2D eigenvalue weighted by Crippen LogP contribution is 2.32. The van der Waals surface area contributed by atoms with Crippen LogP contribution in [-0.2, 0) is 4.79 Å². The third-order valence-electron chi connectivity index (χ3n) is 4.82. The predicted molar refractivity (Wildman–Crippen MR) is 113 cm³/mol. The van der Waals surface area contributed by atoms with Crippen LogP contribution in [0.25, 0.3) is 11.3 Å². The fourth-order valence-electron chi connectivity index (χ4n) is 3.28. The number of hydrogen-bond acceptors (Lipinski definition) is 5. The van der Waals surface area contributed by atoms with Gasteiger partial charge in [0.05, 0.1) is 10.5 Å². The summed E-state index contributed by atoms with van der Waals surface area (Å²) >= 11 is 5.27. The monoisotopic (exact) mass is 414 g/mol. The number of nitro groups is 1. The molecule has 0 radical (unpaired) electrons. The van der Waals surface area contributed by atoms with E-state index >= 15 is 0 Å². The molecule has 0 aliphatic carbocycles. The van der Waals surface area contributed by atoms with E-state index in [2.05, 4.69) is 10.6 Å². The lowest BCUT2D eigenvalue weighted by Gasteiger charge is -2.31. The van der Waals surface area contributed by atoms with Crippen LogP contribution in [0.5, 0.6) is 0 Å². The van der Waals surface area contributed by atoms with Crippen molar-refractivity contribution in [2.45, 2.75) is 26.8 Å². The van der Waals surface area contributed by atoms with Crippen molar-refractivity contribution >= 4 is 28.9 Å². The largest absolute Gasteiger partial charge is 0.459 e. The Morgan fingerprint density at radius 3 is 2.45 bits per heavy atom.